The van der Waals surface area contributed by atoms with Crippen LogP contribution < -0.4 is 5.32 Å². The zero-order valence-corrected chi connectivity index (χ0v) is 7.82. The number of nitrogens with zero attached hydrogens (tertiary/aromatic N) is 1. The second-order valence-electron chi connectivity index (χ2n) is 3.06. The van der Waals surface area contributed by atoms with Gasteiger partial charge in [-0.1, -0.05) is 0 Å². The van der Waals surface area contributed by atoms with E-state index in [1.165, 1.54) is 0 Å². The van der Waals surface area contributed by atoms with E-state index in [1.54, 1.807) is 36.9 Å². The molecule has 1 rings (SSSR count). The van der Waals surface area contributed by atoms with Crippen molar-refractivity contribution in [1.29, 1.82) is 0 Å². The Bertz CT molecular complexity index is 294. The first-order chi connectivity index (χ1) is 6.15. The summed E-state index contributed by atoms with van der Waals surface area (Å²) in [6.07, 6.45) is 1.80. The Morgan fingerprint density at radius 3 is 2.92 bits per heavy atom. The fraction of sp³-hybridized carbons (Fsp3) is 0.444. The third-order valence-electron chi connectivity index (χ3n) is 1.83. The average Bonchev–Trinajstić information content (AvgIpc) is 2.51. The van der Waals surface area contributed by atoms with Gasteiger partial charge in [0.2, 0.25) is 0 Å². The van der Waals surface area contributed by atoms with E-state index in [4.69, 9.17) is 5.11 Å². The highest BCUT2D eigenvalue weighted by Gasteiger charge is 2.10. The van der Waals surface area contributed by atoms with Gasteiger partial charge in [-0.25, -0.2) is 0 Å². The summed E-state index contributed by atoms with van der Waals surface area (Å²) in [5, 5.41) is 11.4. The zero-order chi connectivity index (χ0) is 9.84. The van der Waals surface area contributed by atoms with Gasteiger partial charge in [-0.15, -0.1) is 0 Å². The highest BCUT2D eigenvalue weighted by atomic mass is 16.3. The third-order valence-corrected chi connectivity index (χ3v) is 1.83. The van der Waals surface area contributed by atoms with Crippen LogP contribution in [-0.2, 0) is 7.05 Å². The molecule has 0 bridgehead atoms. The number of aliphatic hydroxyl groups excluding tert-OH is 1. The molecule has 72 valence electrons. The van der Waals surface area contributed by atoms with Gasteiger partial charge in [-0.3, -0.25) is 4.79 Å². The predicted octanol–water partition coefficient (Wildman–Crippen LogP) is 0.136. The van der Waals surface area contributed by atoms with Gasteiger partial charge >= 0.3 is 0 Å². The van der Waals surface area contributed by atoms with Crippen molar-refractivity contribution in [2.75, 3.05) is 6.61 Å². The van der Waals surface area contributed by atoms with Crippen LogP contribution in [0.25, 0.3) is 0 Å². The minimum absolute atomic E-state index is 0.0455. The maximum Gasteiger partial charge on any atom is 0.268 e. The number of aryl methyl sites for hydroxylation is 1. The van der Waals surface area contributed by atoms with Crippen molar-refractivity contribution in [2.24, 2.45) is 7.05 Å². The van der Waals surface area contributed by atoms with Crippen molar-refractivity contribution in [3.05, 3.63) is 24.0 Å². The molecule has 0 aliphatic heterocycles. The van der Waals surface area contributed by atoms with Crippen molar-refractivity contribution < 1.29 is 9.90 Å². The van der Waals surface area contributed by atoms with Gasteiger partial charge in [0.15, 0.2) is 0 Å². The van der Waals surface area contributed by atoms with E-state index < -0.39 is 0 Å². The summed E-state index contributed by atoms with van der Waals surface area (Å²) in [6, 6.07) is 3.33. The number of nitrogens with one attached hydrogen (secondary N) is 1. The van der Waals surface area contributed by atoms with Crippen molar-refractivity contribution >= 4 is 5.91 Å². The van der Waals surface area contributed by atoms with E-state index in [-0.39, 0.29) is 18.6 Å². The summed E-state index contributed by atoms with van der Waals surface area (Å²) in [6.45, 7) is 1.71. The molecule has 1 heterocycles. The molecule has 0 spiro atoms. The SMILES string of the molecule is CC(CO)NC(=O)c1cccn1C. The van der Waals surface area contributed by atoms with Crippen LogP contribution in [-0.4, -0.2) is 28.2 Å². The van der Waals surface area contributed by atoms with Crippen LogP contribution in [0, 0.1) is 0 Å². The van der Waals surface area contributed by atoms with Crippen LogP contribution >= 0.6 is 0 Å². The lowest BCUT2D eigenvalue weighted by Crippen LogP contribution is -2.35. The first kappa shape index (κ1) is 9.80. The van der Waals surface area contributed by atoms with Gasteiger partial charge in [0.25, 0.3) is 5.91 Å². The second kappa shape index (κ2) is 4.09. The van der Waals surface area contributed by atoms with Crippen molar-refractivity contribution in [3.8, 4) is 0 Å². The molecule has 0 saturated carbocycles. The molecule has 1 atom stereocenters. The molecule has 4 heteroatoms. The number of amides is 1. The largest absolute Gasteiger partial charge is 0.394 e. The molecule has 13 heavy (non-hydrogen) atoms. The highest BCUT2D eigenvalue weighted by molar-refractivity contribution is 5.92. The summed E-state index contributed by atoms with van der Waals surface area (Å²) in [4.78, 5) is 11.5. The average molecular weight is 182 g/mol. The Labute approximate surface area is 77.2 Å². The van der Waals surface area contributed by atoms with Gasteiger partial charge in [0, 0.05) is 19.3 Å². The molecule has 0 aliphatic rings. The zero-order valence-electron chi connectivity index (χ0n) is 7.82. The van der Waals surface area contributed by atoms with E-state index in [0.29, 0.717) is 5.69 Å². The standard InChI is InChI=1S/C9H14N2O2/c1-7(6-12)10-9(13)8-4-3-5-11(8)2/h3-5,7,12H,6H2,1-2H3,(H,10,13). The Morgan fingerprint density at radius 2 is 2.46 bits per heavy atom. The summed E-state index contributed by atoms with van der Waals surface area (Å²) < 4.78 is 1.74. The third kappa shape index (κ3) is 2.32. The molecule has 1 amide bonds. The van der Waals surface area contributed by atoms with Crippen LogP contribution in [0.2, 0.25) is 0 Å². The number of hydrogen-bond acceptors (Lipinski definition) is 2. The molecule has 2 N–H and O–H groups in total. The summed E-state index contributed by atoms with van der Waals surface area (Å²) >= 11 is 0. The van der Waals surface area contributed by atoms with Crippen molar-refractivity contribution in [2.45, 2.75) is 13.0 Å². The van der Waals surface area contributed by atoms with E-state index in [2.05, 4.69) is 5.32 Å². The first-order valence-corrected chi connectivity index (χ1v) is 4.18. The van der Waals surface area contributed by atoms with E-state index in [1.807, 2.05) is 0 Å². The molecule has 0 saturated heterocycles. The lowest BCUT2D eigenvalue weighted by atomic mass is 10.3. The number of hydrogen-bond donors (Lipinski definition) is 2. The fourth-order valence-electron chi connectivity index (χ4n) is 1.04. The minimum atomic E-state index is -0.206. The maximum atomic E-state index is 11.5. The molecule has 0 aliphatic carbocycles. The number of aliphatic hydroxyl groups is 1. The normalized spacial score (nSPS) is 12.5. The first-order valence-electron chi connectivity index (χ1n) is 4.18. The highest BCUT2D eigenvalue weighted by Crippen LogP contribution is 1.99. The Morgan fingerprint density at radius 1 is 1.77 bits per heavy atom. The van der Waals surface area contributed by atoms with Gasteiger partial charge < -0.3 is 15.0 Å². The number of carbonyl (C=O) groups is 1. The van der Waals surface area contributed by atoms with E-state index in [0.717, 1.165) is 0 Å². The maximum absolute atomic E-state index is 11.5. The second-order valence-corrected chi connectivity index (χ2v) is 3.06. The van der Waals surface area contributed by atoms with Gasteiger partial charge in [0.1, 0.15) is 5.69 Å². The number of rotatable bonds is 3. The Hall–Kier alpha value is -1.29. The smallest absolute Gasteiger partial charge is 0.268 e. The van der Waals surface area contributed by atoms with Crippen LogP contribution in [0.15, 0.2) is 18.3 Å². The van der Waals surface area contributed by atoms with Crippen LogP contribution in [0.5, 0.6) is 0 Å². The summed E-state index contributed by atoms with van der Waals surface area (Å²) in [7, 11) is 1.80. The van der Waals surface area contributed by atoms with Crippen LogP contribution in [0.4, 0.5) is 0 Å². The van der Waals surface area contributed by atoms with E-state index >= 15 is 0 Å². The predicted molar refractivity (Wildman–Crippen MR) is 49.4 cm³/mol. The molecule has 1 aromatic rings. The monoisotopic (exact) mass is 182 g/mol. The molecular formula is C9H14N2O2. The number of aromatic nitrogens is 1. The quantitative estimate of drug-likeness (QED) is 0.698. The molecule has 1 aromatic heterocycles. The van der Waals surface area contributed by atoms with Gasteiger partial charge in [-0.05, 0) is 19.1 Å². The Balaban J connectivity index is 2.64. The number of carbonyl (C=O) groups excluding carboxylic acids is 1. The summed E-state index contributed by atoms with van der Waals surface area (Å²) in [5.74, 6) is -0.158. The minimum Gasteiger partial charge on any atom is -0.394 e. The van der Waals surface area contributed by atoms with Crippen molar-refractivity contribution in [3.63, 3.8) is 0 Å². The topological polar surface area (TPSA) is 54.3 Å². The molecular weight excluding hydrogens is 168 g/mol. The molecule has 0 radical (unpaired) electrons. The van der Waals surface area contributed by atoms with Crippen LogP contribution in [0.3, 0.4) is 0 Å². The fourth-order valence-corrected chi connectivity index (χ4v) is 1.04. The Kier molecular flexibility index (Phi) is 3.08. The van der Waals surface area contributed by atoms with Crippen LogP contribution in [0.1, 0.15) is 17.4 Å². The molecule has 0 aromatic carbocycles. The van der Waals surface area contributed by atoms with E-state index in [9.17, 15) is 4.79 Å². The lowest BCUT2D eigenvalue weighted by Gasteiger charge is -2.10. The molecule has 0 fully saturated rings. The molecule has 4 nitrogen and oxygen atoms in total. The lowest BCUT2D eigenvalue weighted by molar-refractivity contribution is 0.0914. The van der Waals surface area contributed by atoms with Crippen molar-refractivity contribution in [1.82, 2.24) is 9.88 Å². The van der Waals surface area contributed by atoms with Gasteiger partial charge in [-0.2, -0.15) is 0 Å². The molecule has 1 unspecified atom stereocenters. The summed E-state index contributed by atoms with van der Waals surface area (Å²) in [5.41, 5.74) is 0.598. The van der Waals surface area contributed by atoms with Gasteiger partial charge in [0.05, 0.1) is 6.61 Å².